The maximum Gasteiger partial charge on any atom is 0.261 e. The number of aromatic nitrogens is 3. The molecule has 2 aromatic heterocycles. The quantitative estimate of drug-likeness (QED) is 0.788. The fourth-order valence-corrected chi connectivity index (χ4v) is 2.81. The highest BCUT2D eigenvalue weighted by Gasteiger charge is 2.14. The number of nitriles is 1. The monoisotopic (exact) mass is 299 g/mol. The lowest BCUT2D eigenvalue weighted by Crippen LogP contribution is -2.13. The molecule has 3 aromatic rings. The molecule has 0 saturated carbocycles. The molecular weight excluding hydrogens is 290 g/mol. The lowest BCUT2D eigenvalue weighted by Gasteiger charge is -2.07. The maximum absolute atomic E-state index is 12.2. The van der Waals surface area contributed by atoms with E-state index in [-0.39, 0.29) is 4.90 Å². The van der Waals surface area contributed by atoms with Gasteiger partial charge in [0.1, 0.15) is 0 Å². The molecule has 1 aromatic carbocycles. The standard InChI is InChI=1S/C13H9N5O2S/c14-7-10-1-3-12(4-2-10)21(19,20)17-11-8-15-13-5-6-16-18(13)9-11/h1-6,8-9,17H. The summed E-state index contributed by atoms with van der Waals surface area (Å²) >= 11 is 0. The van der Waals surface area contributed by atoms with E-state index in [0.29, 0.717) is 16.9 Å². The summed E-state index contributed by atoms with van der Waals surface area (Å²) in [4.78, 5) is 4.15. The molecule has 1 N–H and O–H groups in total. The number of nitrogens with zero attached hydrogens (tertiary/aromatic N) is 4. The first-order chi connectivity index (χ1) is 10.1. The van der Waals surface area contributed by atoms with Crippen molar-refractivity contribution < 1.29 is 8.42 Å². The van der Waals surface area contributed by atoms with Gasteiger partial charge in [-0.25, -0.2) is 17.9 Å². The van der Waals surface area contributed by atoms with Gasteiger partial charge in [-0.3, -0.25) is 4.72 Å². The fraction of sp³-hybridized carbons (Fsp3) is 0. The number of rotatable bonds is 3. The van der Waals surface area contributed by atoms with Crippen molar-refractivity contribution in [2.45, 2.75) is 4.90 Å². The molecule has 8 heteroatoms. The van der Waals surface area contributed by atoms with E-state index in [4.69, 9.17) is 5.26 Å². The number of anilines is 1. The third-order valence-electron chi connectivity index (χ3n) is 2.79. The largest absolute Gasteiger partial charge is 0.276 e. The van der Waals surface area contributed by atoms with Gasteiger partial charge in [-0.15, -0.1) is 0 Å². The summed E-state index contributed by atoms with van der Waals surface area (Å²) in [5.74, 6) is 0. The average molecular weight is 299 g/mol. The van der Waals surface area contributed by atoms with E-state index in [1.54, 1.807) is 12.3 Å². The molecule has 0 saturated heterocycles. The Labute approximate surface area is 120 Å². The molecule has 7 nitrogen and oxygen atoms in total. The second kappa shape index (κ2) is 4.88. The average Bonchev–Trinajstić information content (AvgIpc) is 2.94. The summed E-state index contributed by atoms with van der Waals surface area (Å²) in [6.07, 6.45) is 4.52. The first-order valence-electron chi connectivity index (χ1n) is 5.91. The summed E-state index contributed by atoms with van der Waals surface area (Å²) in [5.41, 5.74) is 1.32. The highest BCUT2D eigenvalue weighted by atomic mass is 32.2. The van der Waals surface area contributed by atoms with Crippen molar-refractivity contribution in [3.63, 3.8) is 0 Å². The van der Waals surface area contributed by atoms with Crippen LogP contribution in [0.2, 0.25) is 0 Å². The highest BCUT2D eigenvalue weighted by molar-refractivity contribution is 7.92. The number of sulfonamides is 1. The van der Waals surface area contributed by atoms with E-state index in [9.17, 15) is 8.42 Å². The van der Waals surface area contributed by atoms with Crippen LogP contribution in [0.4, 0.5) is 5.69 Å². The predicted octanol–water partition coefficient (Wildman–Crippen LogP) is 1.40. The van der Waals surface area contributed by atoms with Crippen LogP contribution in [0.25, 0.3) is 5.65 Å². The van der Waals surface area contributed by atoms with Crippen molar-refractivity contribution in [3.05, 3.63) is 54.5 Å². The molecule has 104 valence electrons. The Kier molecular flexibility index (Phi) is 3.04. The molecular formula is C13H9N5O2S. The molecule has 0 bridgehead atoms. The zero-order valence-electron chi connectivity index (χ0n) is 10.6. The molecule has 0 atom stereocenters. The van der Waals surface area contributed by atoms with Crippen LogP contribution in [0, 0.1) is 11.3 Å². The van der Waals surface area contributed by atoms with Crippen LogP contribution in [0.1, 0.15) is 5.56 Å². The smallest absolute Gasteiger partial charge is 0.261 e. The minimum Gasteiger partial charge on any atom is -0.276 e. The number of nitrogens with one attached hydrogen (secondary N) is 1. The van der Waals surface area contributed by atoms with Gasteiger partial charge in [0, 0.05) is 6.07 Å². The minimum absolute atomic E-state index is 0.0714. The SMILES string of the molecule is N#Cc1ccc(S(=O)(=O)Nc2cnc3ccnn3c2)cc1. The molecule has 0 aliphatic rings. The van der Waals surface area contributed by atoms with Crippen LogP contribution in [0.3, 0.4) is 0 Å². The van der Waals surface area contributed by atoms with Gasteiger partial charge >= 0.3 is 0 Å². The third-order valence-corrected chi connectivity index (χ3v) is 4.19. The summed E-state index contributed by atoms with van der Waals surface area (Å²) in [5, 5.41) is 12.7. The summed E-state index contributed by atoms with van der Waals surface area (Å²) in [7, 11) is -3.73. The second-order valence-electron chi connectivity index (χ2n) is 4.22. The lowest BCUT2D eigenvalue weighted by atomic mass is 10.2. The number of fused-ring (bicyclic) bond motifs is 1. The zero-order valence-corrected chi connectivity index (χ0v) is 11.4. The van der Waals surface area contributed by atoms with Crippen LogP contribution < -0.4 is 4.72 Å². The zero-order chi connectivity index (χ0) is 14.9. The van der Waals surface area contributed by atoms with E-state index in [1.807, 2.05) is 6.07 Å². The highest BCUT2D eigenvalue weighted by Crippen LogP contribution is 2.16. The normalized spacial score (nSPS) is 11.2. The second-order valence-corrected chi connectivity index (χ2v) is 5.90. The van der Waals surface area contributed by atoms with Gasteiger partial charge in [0.15, 0.2) is 5.65 Å². The first kappa shape index (κ1) is 13.1. The van der Waals surface area contributed by atoms with Crippen molar-refractivity contribution in [3.8, 4) is 6.07 Å². The van der Waals surface area contributed by atoms with Gasteiger partial charge in [0.25, 0.3) is 10.0 Å². The molecule has 2 heterocycles. The van der Waals surface area contributed by atoms with E-state index in [2.05, 4.69) is 14.8 Å². The molecule has 0 amide bonds. The summed E-state index contributed by atoms with van der Waals surface area (Å²) in [6, 6.07) is 9.29. The Morgan fingerprint density at radius 3 is 2.67 bits per heavy atom. The molecule has 0 spiro atoms. The van der Waals surface area contributed by atoms with Gasteiger partial charge in [0.05, 0.1) is 40.8 Å². The van der Waals surface area contributed by atoms with Crippen LogP contribution in [-0.2, 0) is 10.0 Å². The van der Waals surface area contributed by atoms with E-state index in [0.717, 1.165) is 0 Å². The first-order valence-corrected chi connectivity index (χ1v) is 7.39. The molecule has 0 aliphatic carbocycles. The van der Waals surface area contributed by atoms with Gasteiger partial charge < -0.3 is 0 Å². The maximum atomic E-state index is 12.2. The molecule has 21 heavy (non-hydrogen) atoms. The van der Waals surface area contributed by atoms with Crippen molar-refractivity contribution in [1.29, 1.82) is 5.26 Å². The van der Waals surface area contributed by atoms with Crippen molar-refractivity contribution in [2.24, 2.45) is 0 Å². The number of benzene rings is 1. The van der Waals surface area contributed by atoms with Gasteiger partial charge in [-0.2, -0.15) is 10.4 Å². The number of hydrogen-bond acceptors (Lipinski definition) is 5. The Bertz CT molecular complexity index is 939. The molecule has 0 unspecified atom stereocenters. The van der Waals surface area contributed by atoms with Crippen LogP contribution >= 0.6 is 0 Å². The van der Waals surface area contributed by atoms with Crippen molar-refractivity contribution in [1.82, 2.24) is 14.6 Å². The molecule has 0 radical (unpaired) electrons. The molecule has 0 fully saturated rings. The summed E-state index contributed by atoms with van der Waals surface area (Å²) < 4.78 is 28.3. The van der Waals surface area contributed by atoms with Crippen molar-refractivity contribution >= 4 is 21.4 Å². The Morgan fingerprint density at radius 2 is 1.95 bits per heavy atom. The Hall–Kier alpha value is -2.92. The molecule has 3 rings (SSSR count). The lowest BCUT2D eigenvalue weighted by molar-refractivity contribution is 0.601. The molecule has 0 aliphatic heterocycles. The Balaban J connectivity index is 1.92. The number of hydrogen-bond donors (Lipinski definition) is 1. The predicted molar refractivity (Wildman–Crippen MR) is 75.0 cm³/mol. The van der Waals surface area contributed by atoms with Gasteiger partial charge in [0.2, 0.25) is 0 Å². The van der Waals surface area contributed by atoms with Crippen LogP contribution in [0.5, 0.6) is 0 Å². The van der Waals surface area contributed by atoms with Gasteiger partial charge in [-0.05, 0) is 24.3 Å². The topological polar surface area (TPSA) is 100 Å². The van der Waals surface area contributed by atoms with Crippen molar-refractivity contribution in [2.75, 3.05) is 4.72 Å². The van der Waals surface area contributed by atoms with E-state index < -0.39 is 10.0 Å². The summed E-state index contributed by atoms with van der Waals surface area (Å²) in [6.45, 7) is 0. The van der Waals surface area contributed by atoms with Crippen LogP contribution in [-0.4, -0.2) is 23.0 Å². The van der Waals surface area contributed by atoms with Crippen LogP contribution in [0.15, 0.2) is 53.8 Å². The third kappa shape index (κ3) is 2.54. The fourth-order valence-electron chi connectivity index (χ4n) is 1.79. The minimum atomic E-state index is -3.73. The van der Waals surface area contributed by atoms with E-state index >= 15 is 0 Å². The van der Waals surface area contributed by atoms with E-state index in [1.165, 1.54) is 41.2 Å². The Morgan fingerprint density at radius 1 is 1.19 bits per heavy atom. The van der Waals surface area contributed by atoms with Gasteiger partial charge in [-0.1, -0.05) is 0 Å².